The quantitative estimate of drug-likeness (QED) is 0.854. The molecule has 0 saturated carbocycles. The highest BCUT2D eigenvalue weighted by atomic mass is 35.5. The second kappa shape index (κ2) is 7.46. The number of primary amides is 1. The molecule has 1 saturated heterocycles. The van der Waals surface area contributed by atoms with Gasteiger partial charge in [0.2, 0.25) is 5.91 Å². The van der Waals surface area contributed by atoms with Gasteiger partial charge < -0.3 is 20.5 Å². The summed E-state index contributed by atoms with van der Waals surface area (Å²) in [5.41, 5.74) is 6.16. The van der Waals surface area contributed by atoms with Crippen LogP contribution in [0.3, 0.4) is 0 Å². The summed E-state index contributed by atoms with van der Waals surface area (Å²) in [5.74, 6) is 0.270. The molecule has 8 heteroatoms. The molecular formula is C16H20ClN5O2. The number of aryl methyl sites for hydroxylation is 1. The van der Waals surface area contributed by atoms with E-state index in [1.165, 1.54) is 0 Å². The van der Waals surface area contributed by atoms with E-state index in [0.717, 1.165) is 12.4 Å². The highest BCUT2D eigenvalue weighted by Gasteiger charge is 2.30. The van der Waals surface area contributed by atoms with Crippen molar-refractivity contribution in [3.05, 3.63) is 53.6 Å². The minimum absolute atomic E-state index is 0. The number of imidazole rings is 1. The number of hydrogen-bond donors (Lipinski definition) is 2. The molecule has 2 aromatic rings. The normalized spacial score (nSPS) is 17.2. The summed E-state index contributed by atoms with van der Waals surface area (Å²) in [6, 6.07) is 6.31. The average Bonchev–Trinajstić information content (AvgIpc) is 3.00. The maximum absolute atomic E-state index is 12.8. The number of nitrogens with one attached hydrogen (secondary N) is 1. The first-order valence-corrected chi connectivity index (χ1v) is 7.46. The number of carbonyl (C=O) groups excluding carboxylic acids is 2. The highest BCUT2D eigenvalue weighted by Crippen LogP contribution is 2.22. The van der Waals surface area contributed by atoms with Crippen LogP contribution in [0.5, 0.6) is 0 Å². The zero-order chi connectivity index (χ0) is 16.4. The van der Waals surface area contributed by atoms with E-state index in [0.29, 0.717) is 24.2 Å². The number of piperazine rings is 1. The lowest BCUT2D eigenvalue weighted by Crippen LogP contribution is -2.49. The number of hydrogen-bond acceptors (Lipinski definition) is 4. The molecule has 1 aliphatic heterocycles. The molecule has 3 rings (SSSR count). The Bertz CT molecular complexity index is 728. The second-order valence-electron chi connectivity index (χ2n) is 5.56. The molecule has 0 aliphatic carbocycles. The van der Waals surface area contributed by atoms with Gasteiger partial charge in [-0.25, -0.2) is 4.98 Å². The van der Waals surface area contributed by atoms with Crippen molar-refractivity contribution in [2.75, 3.05) is 19.6 Å². The number of nitrogens with zero attached hydrogens (tertiary/aromatic N) is 3. The summed E-state index contributed by atoms with van der Waals surface area (Å²) in [4.78, 5) is 30.2. The molecule has 128 valence electrons. The minimum Gasteiger partial charge on any atom is -0.366 e. The van der Waals surface area contributed by atoms with Crippen LogP contribution in [-0.2, 0) is 7.05 Å². The van der Waals surface area contributed by atoms with E-state index >= 15 is 0 Å². The first-order valence-electron chi connectivity index (χ1n) is 7.46. The number of carbonyl (C=O) groups is 2. The van der Waals surface area contributed by atoms with Gasteiger partial charge in [0.15, 0.2) is 0 Å². The maximum Gasteiger partial charge on any atom is 0.254 e. The fourth-order valence-corrected chi connectivity index (χ4v) is 2.82. The van der Waals surface area contributed by atoms with Gasteiger partial charge in [0.25, 0.3) is 5.91 Å². The molecule has 0 radical (unpaired) electrons. The van der Waals surface area contributed by atoms with Crippen molar-refractivity contribution in [3.63, 3.8) is 0 Å². The SMILES string of the molecule is Cl.Cn1ccnc1C1CNCCN1C(=O)c1ccc(C(N)=O)cc1. The van der Waals surface area contributed by atoms with Crippen LogP contribution in [0.2, 0.25) is 0 Å². The lowest BCUT2D eigenvalue weighted by atomic mass is 10.1. The van der Waals surface area contributed by atoms with E-state index in [9.17, 15) is 9.59 Å². The molecule has 2 heterocycles. The van der Waals surface area contributed by atoms with Crippen LogP contribution in [-0.4, -0.2) is 45.9 Å². The number of nitrogens with two attached hydrogens (primary N) is 1. The van der Waals surface area contributed by atoms with Crippen LogP contribution in [0.25, 0.3) is 0 Å². The maximum atomic E-state index is 12.8. The van der Waals surface area contributed by atoms with Crippen LogP contribution in [0.15, 0.2) is 36.7 Å². The smallest absolute Gasteiger partial charge is 0.254 e. The third-order valence-electron chi connectivity index (χ3n) is 4.08. The fourth-order valence-electron chi connectivity index (χ4n) is 2.82. The Morgan fingerprint density at radius 2 is 1.92 bits per heavy atom. The molecule has 2 amide bonds. The van der Waals surface area contributed by atoms with Crippen molar-refractivity contribution in [1.29, 1.82) is 0 Å². The Morgan fingerprint density at radius 1 is 1.25 bits per heavy atom. The molecule has 7 nitrogen and oxygen atoms in total. The molecule has 1 fully saturated rings. The van der Waals surface area contributed by atoms with Crippen LogP contribution in [0.4, 0.5) is 0 Å². The summed E-state index contributed by atoms with van der Waals surface area (Å²) < 4.78 is 1.92. The van der Waals surface area contributed by atoms with Crippen molar-refractivity contribution in [3.8, 4) is 0 Å². The van der Waals surface area contributed by atoms with Crippen molar-refractivity contribution in [2.24, 2.45) is 12.8 Å². The minimum atomic E-state index is -0.503. The summed E-state index contributed by atoms with van der Waals surface area (Å²) in [6.45, 7) is 2.01. The Morgan fingerprint density at radius 3 is 2.50 bits per heavy atom. The van der Waals surface area contributed by atoms with E-state index in [1.54, 1.807) is 30.5 Å². The van der Waals surface area contributed by atoms with Gasteiger partial charge in [-0.3, -0.25) is 9.59 Å². The van der Waals surface area contributed by atoms with Gasteiger partial charge in [-0.2, -0.15) is 0 Å². The van der Waals surface area contributed by atoms with Gasteiger partial charge in [-0.05, 0) is 24.3 Å². The summed E-state index contributed by atoms with van der Waals surface area (Å²) in [5, 5.41) is 3.30. The largest absolute Gasteiger partial charge is 0.366 e. The van der Waals surface area contributed by atoms with Crippen LogP contribution in [0.1, 0.15) is 32.6 Å². The van der Waals surface area contributed by atoms with E-state index < -0.39 is 5.91 Å². The molecule has 1 atom stereocenters. The zero-order valence-corrected chi connectivity index (χ0v) is 14.1. The molecule has 1 aliphatic rings. The van der Waals surface area contributed by atoms with E-state index in [1.807, 2.05) is 22.7 Å². The molecule has 0 spiro atoms. The summed E-state index contributed by atoms with van der Waals surface area (Å²) in [7, 11) is 1.92. The second-order valence-corrected chi connectivity index (χ2v) is 5.56. The molecule has 24 heavy (non-hydrogen) atoms. The van der Waals surface area contributed by atoms with Crippen molar-refractivity contribution < 1.29 is 9.59 Å². The highest BCUT2D eigenvalue weighted by molar-refractivity contribution is 5.97. The van der Waals surface area contributed by atoms with Crippen molar-refractivity contribution in [2.45, 2.75) is 6.04 Å². The third-order valence-corrected chi connectivity index (χ3v) is 4.08. The fraction of sp³-hybridized carbons (Fsp3) is 0.312. The third kappa shape index (κ3) is 3.42. The van der Waals surface area contributed by atoms with Gasteiger partial charge >= 0.3 is 0 Å². The van der Waals surface area contributed by atoms with Gasteiger partial charge in [-0.15, -0.1) is 12.4 Å². The summed E-state index contributed by atoms with van der Waals surface area (Å²) >= 11 is 0. The molecule has 3 N–H and O–H groups in total. The van der Waals surface area contributed by atoms with Gasteiger partial charge in [0, 0.05) is 50.2 Å². The monoisotopic (exact) mass is 349 g/mol. The van der Waals surface area contributed by atoms with Crippen LogP contribution in [0, 0.1) is 0 Å². The van der Waals surface area contributed by atoms with E-state index in [4.69, 9.17) is 5.73 Å². The Kier molecular flexibility index (Phi) is 5.58. The van der Waals surface area contributed by atoms with E-state index in [-0.39, 0.29) is 24.4 Å². The number of halogens is 1. The van der Waals surface area contributed by atoms with Gasteiger partial charge in [0.1, 0.15) is 11.9 Å². The lowest BCUT2D eigenvalue weighted by Gasteiger charge is -2.35. The first kappa shape index (κ1) is 18.0. The zero-order valence-electron chi connectivity index (χ0n) is 13.3. The molecule has 0 bridgehead atoms. The topological polar surface area (TPSA) is 93.2 Å². The molecule has 1 aromatic carbocycles. The Balaban J connectivity index is 0.00000208. The molecule has 1 aromatic heterocycles. The standard InChI is InChI=1S/C16H19N5O2.ClH/c1-20-8-7-19-15(20)13-10-18-6-9-21(13)16(23)12-4-2-11(3-5-12)14(17)22;/h2-5,7-8,13,18H,6,9-10H2,1H3,(H2,17,22);1H. The summed E-state index contributed by atoms with van der Waals surface area (Å²) in [6.07, 6.45) is 3.60. The molecular weight excluding hydrogens is 330 g/mol. The average molecular weight is 350 g/mol. The number of benzene rings is 1. The van der Waals surface area contributed by atoms with Gasteiger partial charge in [-0.1, -0.05) is 0 Å². The Labute approximate surface area is 146 Å². The van der Waals surface area contributed by atoms with Crippen LogP contribution < -0.4 is 11.1 Å². The van der Waals surface area contributed by atoms with E-state index in [2.05, 4.69) is 10.3 Å². The van der Waals surface area contributed by atoms with Gasteiger partial charge in [0.05, 0.1) is 0 Å². The number of aromatic nitrogens is 2. The van der Waals surface area contributed by atoms with Crippen molar-refractivity contribution in [1.82, 2.24) is 19.8 Å². The number of rotatable bonds is 3. The number of amides is 2. The Hall–Kier alpha value is -2.38. The predicted molar refractivity (Wildman–Crippen MR) is 92.1 cm³/mol. The predicted octanol–water partition coefficient (Wildman–Crippen LogP) is 0.727. The molecule has 1 unspecified atom stereocenters. The lowest BCUT2D eigenvalue weighted by molar-refractivity contribution is 0.0620. The van der Waals surface area contributed by atoms with Crippen molar-refractivity contribution >= 4 is 24.2 Å². The van der Waals surface area contributed by atoms with Crippen LogP contribution >= 0.6 is 12.4 Å². The first-order chi connectivity index (χ1) is 11.1.